The van der Waals surface area contributed by atoms with Gasteiger partial charge in [-0.1, -0.05) is 30.0 Å². The summed E-state index contributed by atoms with van der Waals surface area (Å²) in [5.74, 6) is 0.180. The number of thioether (sulfide) groups is 1. The van der Waals surface area contributed by atoms with E-state index < -0.39 is 16.4 Å². The molecule has 30 heavy (non-hydrogen) atoms. The normalized spacial score (nSPS) is 15.5. The molecule has 0 spiro atoms. The van der Waals surface area contributed by atoms with Crippen molar-refractivity contribution in [2.24, 2.45) is 0 Å². The summed E-state index contributed by atoms with van der Waals surface area (Å²) in [6.45, 7) is 0.239. The zero-order chi connectivity index (χ0) is 21.7. The van der Waals surface area contributed by atoms with Crippen LogP contribution in [0, 0.1) is 0 Å². The van der Waals surface area contributed by atoms with Crippen LogP contribution in [0.1, 0.15) is 21.5 Å². The summed E-state index contributed by atoms with van der Waals surface area (Å²) in [5.41, 5.74) is 1.52. The molecule has 158 valence electrons. The number of imide groups is 1. The van der Waals surface area contributed by atoms with Crippen molar-refractivity contribution in [1.82, 2.24) is 15.6 Å². The van der Waals surface area contributed by atoms with E-state index in [1.165, 1.54) is 14.2 Å². The zero-order valence-electron chi connectivity index (χ0n) is 16.7. The summed E-state index contributed by atoms with van der Waals surface area (Å²) in [6.07, 6.45) is 0.176. The predicted molar refractivity (Wildman–Crippen MR) is 110 cm³/mol. The highest BCUT2D eigenvalue weighted by atomic mass is 32.2. The number of nitrogens with one attached hydrogen (secondary N) is 2. The molecule has 3 amide bonds. The molecule has 0 aliphatic carbocycles. The first kappa shape index (κ1) is 21.4. The summed E-state index contributed by atoms with van der Waals surface area (Å²) in [7, 11) is 4.39. The standard InChI is InChI=1S/C20H21N3O6S/c1-27-14-7-5-4-6-11(14)10-21-16(24)13-8-12(18(28-2)23-19(13)29-3)9-15-17(25)22-20(26)30-15/h4-8,15H,9-10H2,1-3H3,(H,21,24)(H,22,25,26). The van der Waals surface area contributed by atoms with Gasteiger partial charge in [-0.3, -0.25) is 19.7 Å². The van der Waals surface area contributed by atoms with Crippen LogP contribution >= 0.6 is 11.8 Å². The minimum Gasteiger partial charge on any atom is -0.496 e. The molecule has 2 heterocycles. The van der Waals surface area contributed by atoms with E-state index in [1.54, 1.807) is 19.2 Å². The van der Waals surface area contributed by atoms with Gasteiger partial charge < -0.3 is 19.5 Å². The van der Waals surface area contributed by atoms with Gasteiger partial charge in [0.05, 0.1) is 26.6 Å². The molecule has 1 unspecified atom stereocenters. The maximum atomic E-state index is 12.9. The van der Waals surface area contributed by atoms with Crippen LogP contribution in [-0.4, -0.2) is 48.6 Å². The van der Waals surface area contributed by atoms with Gasteiger partial charge >= 0.3 is 0 Å². The smallest absolute Gasteiger partial charge is 0.286 e. The molecule has 2 aromatic rings. The van der Waals surface area contributed by atoms with E-state index in [-0.39, 0.29) is 36.2 Å². The van der Waals surface area contributed by atoms with Crippen LogP contribution in [0.2, 0.25) is 0 Å². The molecule has 1 aliphatic rings. The molecule has 1 aromatic heterocycles. The molecule has 1 saturated heterocycles. The number of amides is 3. The number of aromatic nitrogens is 1. The third-order valence-electron chi connectivity index (χ3n) is 4.46. The van der Waals surface area contributed by atoms with E-state index in [1.807, 2.05) is 18.2 Å². The second kappa shape index (κ2) is 9.49. The summed E-state index contributed by atoms with van der Waals surface area (Å²) in [4.78, 5) is 40.5. The Labute approximate surface area is 177 Å². The van der Waals surface area contributed by atoms with Crippen LogP contribution in [0.4, 0.5) is 4.79 Å². The van der Waals surface area contributed by atoms with E-state index in [0.717, 1.165) is 17.3 Å². The molecule has 1 atom stereocenters. The number of carbonyl (C=O) groups is 3. The highest BCUT2D eigenvalue weighted by Gasteiger charge is 2.33. The first-order valence-electron chi connectivity index (χ1n) is 9.00. The Kier molecular flexibility index (Phi) is 6.78. The van der Waals surface area contributed by atoms with E-state index in [2.05, 4.69) is 15.6 Å². The van der Waals surface area contributed by atoms with Crippen molar-refractivity contribution in [2.75, 3.05) is 21.3 Å². The monoisotopic (exact) mass is 431 g/mol. The quantitative estimate of drug-likeness (QED) is 0.651. The van der Waals surface area contributed by atoms with Crippen LogP contribution in [0.5, 0.6) is 17.5 Å². The number of carbonyl (C=O) groups excluding carboxylic acids is 3. The van der Waals surface area contributed by atoms with Crippen molar-refractivity contribution in [3.05, 3.63) is 47.0 Å². The van der Waals surface area contributed by atoms with Crippen LogP contribution in [0.15, 0.2) is 30.3 Å². The Morgan fingerprint density at radius 1 is 1.10 bits per heavy atom. The molecule has 0 bridgehead atoms. The second-order valence-electron chi connectivity index (χ2n) is 6.30. The lowest BCUT2D eigenvalue weighted by molar-refractivity contribution is -0.118. The van der Waals surface area contributed by atoms with Crippen molar-refractivity contribution in [3.63, 3.8) is 0 Å². The van der Waals surface area contributed by atoms with Crippen molar-refractivity contribution < 1.29 is 28.6 Å². The molecule has 10 heteroatoms. The van der Waals surface area contributed by atoms with Crippen molar-refractivity contribution in [3.8, 4) is 17.5 Å². The lowest BCUT2D eigenvalue weighted by Gasteiger charge is -2.15. The third kappa shape index (κ3) is 4.65. The van der Waals surface area contributed by atoms with E-state index in [9.17, 15) is 14.4 Å². The van der Waals surface area contributed by atoms with Crippen LogP contribution in [-0.2, 0) is 17.8 Å². The molecule has 1 aliphatic heterocycles. The number of methoxy groups -OCH3 is 3. The lowest BCUT2D eigenvalue weighted by Crippen LogP contribution is -2.26. The fraction of sp³-hybridized carbons (Fsp3) is 0.300. The molecular weight excluding hydrogens is 410 g/mol. The SMILES string of the molecule is COc1ccccc1CNC(=O)c1cc(CC2SC(=O)NC2=O)c(OC)nc1OC. The molecule has 0 radical (unpaired) electrons. The minimum absolute atomic E-state index is 0.0905. The van der Waals surface area contributed by atoms with Crippen molar-refractivity contribution in [1.29, 1.82) is 0 Å². The average Bonchev–Trinajstić information content (AvgIpc) is 3.08. The van der Waals surface area contributed by atoms with Crippen LogP contribution < -0.4 is 24.8 Å². The maximum Gasteiger partial charge on any atom is 0.286 e. The number of hydrogen-bond acceptors (Lipinski definition) is 8. The largest absolute Gasteiger partial charge is 0.496 e. The fourth-order valence-electron chi connectivity index (χ4n) is 3.01. The van der Waals surface area contributed by atoms with Gasteiger partial charge in [0.15, 0.2) is 0 Å². The number of ether oxygens (including phenoxy) is 3. The Bertz CT molecular complexity index is 981. The van der Waals surface area contributed by atoms with Gasteiger partial charge in [-0.25, -0.2) is 0 Å². The highest BCUT2D eigenvalue weighted by Crippen LogP contribution is 2.30. The Hall–Kier alpha value is -3.27. The van der Waals surface area contributed by atoms with Gasteiger partial charge in [0.2, 0.25) is 17.7 Å². The zero-order valence-corrected chi connectivity index (χ0v) is 17.5. The molecular formula is C20H21N3O6S. The number of rotatable bonds is 8. The topological polar surface area (TPSA) is 116 Å². The number of para-hydroxylation sites is 1. The Morgan fingerprint density at radius 3 is 2.47 bits per heavy atom. The molecule has 1 fully saturated rings. The highest BCUT2D eigenvalue weighted by molar-refractivity contribution is 8.15. The van der Waals surface area contributed by atoms with Gasteiger partial charge in [-0.2, -0.15) is 4.98 Å². The summed E-state index contributed by atoms with van der Waals surface area (Å²) >= 11 is 0.895. The minimum atomic E-state index is -0.619. The Balaban J connectivity index is 1.84. The molecule has 9 nitrogen and oxygen atoms in total. The van der Waals surface area contributed by atoms with Crippen molar-refractivity contribution in [2.45, 2.75) is 18.2 Å². The maximum absolute atomic E-state index is 12.9. The summed E-state index contributed by atoms with van der Waals surface area (Å²) < 4.78 is 15.8. The number of nitrogens with zero attached hydrogens (tertiary/aromatic N) is 1. The number of hydrogen-bond donors (Lipinski definition) is 2. The Morgan fingerprint density at radius 2 is 1.83 bits per heavy atom. The second-order valence-corrected chi connectivity index (χ2v) is 7.47. The van der Waals surface area contributed by atoms with Gasteiger partial charge in [-0.05, 0) is 18.6 Å². The van der Waals surface area contributed by atoms with Crippen LogP contribution in [0.25, 0.3) is 0 Å². The summed E-state index contributed by atoms with van der Waals surface area (Å²) in [6, 6.07) is 8.92. The van der Waals surface area contributed by atoms with Gasteiger partial charge in [0, 0.05) is 17.7 Å². The summed E-state index contributed by atoms with van der Waals surface area (Å²) in [5, 5.41) is 4.04. The predicted octanol–water partition coefficient (Wildman–Crippen LogP) is 1.93. The van der Waals surface area contributed by atoms with E-state index >= 15 is 0 Å². The van der Waals surface area contributed by atoms with E-state index in [4.69, 9.17) is 14.2 Å². The number of benzene rings is 1. The number of pyridine rings is 1. The van der Waals surface area contributed by atoms with Crippen LogP contribution in [0.3, 0.4) is 0 Å². The molecule has 1 aromatic carbocycles. The van der Waals surface area contributed by atoms with Crippen molar-refractivity contribution >= 4 is 28.8 Å². The third-order valence-corrected chi connectivity index (χ3v) is 5.44. The van der Waals surface area contributed by atoms with Gasteiger partial charge in [0.1, 0.15) is 11.3 Å². The molecule has 3 rings (SSSR count). The fourth-order valence-corrected chi connectivity index (χ4v) is 3.86. The van der Waals surface area contributed by atoms with Gasteiger partial charge in [0.25, 0.3) is 11.1 Å². The van der Waals surface area contributed by atoms with Gasteiger partial charge in [-0.15, -0.1) is 0 Å². The average molecular weight is 431 g/mol. The first-order valence-corrected chi connectivity index (χ1v) is 9.88. The lowest BCUT2D eigenvalue weighted by atomic mass is 10.1. The molecule has 2 N–H and O–H groups in total. The molecule has 0 saturated carbocycles. The van der Waals surface area contributed by atoms with E-state index in [0.29, 0.717) is 11.3 Å². The first-order chi connectivity index (χ1) is 14.5.